The standard InChI is InChI=1S/C18H16N2O6/c1-24-12-6-5-11(15(9-12)25-2)8-14-16(21)19-18(23)20(17(14)22)10-13-4-3-7-26-13/h3-9H,10H2,1-2H3,(H,19,21,23)/b14-8+. The van der Waals surface area contributed by atoms with Gasteiger partial charge in [-0.25, -0.2) is 4.79 Å². The SMILES string of the molecule is COc1ccc(/C=C2\C(=O)NC(=O)N(Cc3ccco3)C2=O)c(OC)c1. The van der Waals surface area contributed by atoms with Crippen LogP contribution in [-0.4, -0.2) is 37.0 Å². The number of nitrogens with zero attached hydrogens (tertiary/aromatic N) is 1. The number of ether oxygens (including phenoxy) is 2. The molecule has 0 aliphatic carbocycles. The molecule has 1 saturated heterocycles. The zero-order valence-electron chi connectivity index (χ0n) is 14.1. The molecule has 26 heavy (non-hydrogen) atoms. The van der Waals surface area contributed by atoms with Gasteiger partial charge in [0.15, 0.2) is 0 Å². The van der Waals surface area contributed by atoms with Crippen molar-refractivity contribution >= 4 is 23.9 Å². The number of carbonyl (C=O) groups excluding carboxylic acids is 3. The fourth-order valence-corrected chi connectivity index (χ4v) is 2.49. The quantitative estimate of drug-likeness (QED) is 0.650. The number of furan rings is 1. The highest BCUT2D eigenvalue weighted by Crippen LogP contribution is 2.27. The first-order valence-electron chi connectivity index (χ1n) is 7.66. The molecule has 2 aromatic rings. The monoisotopic (exact) mass is 356 g/mol. The number of hydrogen-bond acceptors (Lipinski definition) is 6. The van der Waals surface area contributed by atoms with E-state index in [1.807, 2.05) is 0 Å². The third-order valence-electron chi connectivity index (χ3n) is 3.82. The Morgan fingerprint density at radius 1 is 1.15 bits per heavy atom. The topological polar surface area (TPSA) is 98.1 Å². The number of carbonyl (C=O) groups is 3. The first-order valence-corrected chi connectivity index (χ1v) is 7.66. The van der Waals surface area contributed by atoms with Crippen molar-refractivity contribution in [1.29, 1.82) is 0 Å². The first-order chi connectivity index (χ1) is 12.5. The highest BCUT2D eigenvalue weighted by Gasteiger charge is 2.36. The largest absolute Gasteiger partial charge is 0.497 e. The molecule has 0 unspecified atom stereocenters. The number of barbiturate groups is 1. The van der Waals surface area contributed by atoms with Gasteiger partial charge >= 0.3 is 6.03 Å². The van der Waals surface area contributed by atoms with E-state index in [2.05, 4.69) is 5.32 Å². The summed E-state index contributed by atoms with van der Waals surface area (Å²) in [6.45, 7) is -0.0813. The van der Waals surface area contributed by atoms with Gasteiger partial charge in [0, 0.05) is 11.6 Å². The van der Waals surface area contributed by atoms with Gasteiger partial charge in [0.2, 0.25) is 0 Å². The lowest BCUT2D eigenvalue weighted by molar-refractivity contribution is -0.130. The van der Waals surface area contributed by atoms with Gasteiger partial charge in [-0.3, -0.25) is 19.8 Å². The van der Waals surface area contributed by atoms with E-state index in [4.69, 9.17) is 13.9 Å². The summed E-state index contributed by atoms with van der Waals surface area (Å²) in [4.78, 5) is 37.7. The Morgan fingerprint density at radius 2 is 1.96 bits per heavy atom. The summed E-state index contributed by atoms with van der Waals surface area (Å²) in [5, 5.41) is 2.15. The van der Waals surface area contributed by atoms with Crippen LogP contribution in [0.15, 0.2) is 46.6 Å². The number of imide groups is 2. The number of nitrogens with one attached hydrogen (secondary N) is 1. The number of rotatable bonds is 5. The Bertz CT molecular complexity index is 885. The van der Waals surface area contributed by atoms with Gasteiger partial charge in [0.25, 0.3) is 11.8 Å². The zero-order chi connectivity index (χ0) is 18.7. The van der Waals surface area contributed by atoms with E-state index >= 15 is 0 Å². The number of methoxy groups -OCH3 is 2. The van der Waals surface area contributed by atoms with Gasteiger partial charge in [-0.15, -0.1) is 0 Å². The van der Waals surface area contributed by atoms with Gasteiger partial charge in [-0.1, -0.05) is 0 Å². The highest BCUT2D eigenvalue weighted by atomic mass is 16.5. The van der Waals surface area contributed by atoms with Crippen molar-refractivity contribution in [2.45, 2.75) is 6.54 Å². The molecule has 134 valence electrons. The molecule has 1 fully saturated rings. The molecule has 0 spiro atoms. The van der Waals surface area contributed by atoms with Crippen molar-refractivity contribution in [3.05, 3.63) is 53.5 Å². The molecule has 1 aliphatic heterocycles. The fourth-order valence-electron chi connectivity index (χ4n) is 2.49. The summed E-state index contributed by atoms with van der Waals surface area (Å²) in [5.74, 6) is -0.0733. The second kappa shape index (κ2) is 7.14. The van der Waals surface area contributed by atoms with Crippen molar-refractivity contribution in [3.63, 3.8) is 0 Å². The summed E-state index contributed by atoms with van der Waals surface area (Å²) in [5.41, 5.74) is 0.318. The van der Waals surface area contributed by atoms with Crippen molar-refractivity contribution in [2.24, 2.45) is 0 Å². The second-order valence-corrected chi connectivity index (χ2v) is 5.40. The third kappa shape index (κ3) is 3.30. The maximum Gasteiger partial charge on any atom is 0.331 e. The molecule has 8 heteroatoms. The molecular weight excluding hydrogens is 340 g/mol. The Morgan fingerprint density at radius 3 is 2.62 bits per heavy atom. The highest BCUT2D eigenvalue weighted by molar-refractivity contribution is 6.31. The van der Waals surface area contributed by atoms with E-state index in [1.54, 1.807) is 30.3 Å². The average Bonchev–Trinajstić information content (AvgIpc) is 3.15. The summed E-state index contributed by atoms with van der Waals surface area (Å²) in [6.07, 6.45) is 2.81. The van der Waals surface area contributed by atoms with E-state index in [0.29, 0.717) is 22.8 Å². The Kier molecular flexibility index (Phi) is 4.74. The molecule has 8 nitrogen and oxygen atoms in total. The number of urea groups is 1. The fraction of sp³-hybridized carbons (Fsp3) is 0.167. The van der Waals surface area contributed by atoms with Crippen LogP contribution in [-0.2, 0) is 16.1 Å². The second-order valence-electron chi connectivity index (χ2n) is 5.40. The molecule has 0 atom stereocenters. The lowest BCUT2D eigenvalue weighted by Gasteiger charge is -2.25. The van der Waals surface area contributed by atoms with Gasteiger partial charge in [-0.2, -0.15) is 0 Å². The van der Waals surface area contributed by atoms with Crippen LogP contribution in [0.1, 0.15) is 11.3 Å². The van der Waals surface area contributed by atoms with Crippen LogP contribution in [0.4, 0.5) is 4.79 Å². The average molecular weight is 356 g/mol. The molecule has 1 aromatic heterocycles. The molecule has 0 saturated carbocycles. The van der Waals surface area contributed by atoms with Crippen LogP contribution in [0.5, 0.6) is 11.5 Å². The zero-order valence-corrected chi connectivity index (χ0v) is 14.1. The van der Waals surface area contributed by atoms with E-state index in [1.165, 1.54) is 26.6 Å². The van der Waals surface area contributed by atoms with Gasteiger partial charge in [-0.05, 0) is 30.3 Å². The molecule has 3 rings (SSSR count). The molecule has 1 aromatic carbocycles. The normalized spacial score (nSPS) is 16.0. The minimum absolute atomic E-state index is 0.0813. The van der Waals surface area contributed by atoms with E-state index < -0.39 is 17.8 Å². The minimum Gasteiger partial charge on any atom is -0.497 e. The Labute approximate surface area is 149 Å². The van der Waals surface area contributed by atoms with Crippen LogP contribution < -0.4 is 14.8 Å². The molecular formula is C18H16N2O6. The lowest BCUT2D eigenvalue weighted by Crippen LogP contribution is -2.53. The smallest absolute Gasteiger partial charge is 0.331 e. The van der Waals surface area contributed by atoms with E-state index in [0.717, 1.165) is 4.90 Å². The van der Waals surface area contributed by atoms with Crippen molar-refractivity contribution in [1.82, 2.24) is 10.2 Å². The van der Waals surface area contributed by atoms with Crippen molar-refractivity contribution in [2.75, 3.05) is 14.2 Å². The van der Waals surface area contributed by atoms with Gasteiger partial charge in [0.1, 0.15) is 22.8 Å². The predicted octanol–water partition coefficient (Wildman–Crippen LogP) is 1.96. The lowest BCUT2D eigenvalue weighted by atomic mass is 10.1. The Hall–Kier alpha value is -3.55. The molecule has 1 aliphatic rings. The van der Waals surface area contributed by atoms with Crippen LogP contribution in [0.3, 0.4) is 0 Å². The first kappa shape index (κ1) is 17.3. The summed E-state index contributed by atoms with van der Waals surface area (Å²) in [6, 6.07) is 7.43. The Balaban J connectivity index is 1.95. The predicted molar refractivity (Wildman–Crippen MR) is 90.3 cm³/mol. The summed E-state index contributed by atoms with van der Waals surface area (Å²) < 4.78 is 15.6. The number of benzene rings is 1. The third-order valence-corrected chi connectivity index (χ3v) is 3.82. The van der Waals surface area contributed by atoms with Crippen molar-refractivity contribution < 1.29 is 28.3 Å². The van der Waals surface area contributed by atoms with Gasteiger partial charge < -0.3 is 13.9 Å². The molecule has 2 heterocycles. The summed E-state index contributed by atoms with van der Waals surface area (Å²) >= 11 is 0. The molecule has 0 radical (unpaired) electrons. The van der Waals surface area contributed by atoms with Gasteiger partial charge in [0.05, 0.1) is 27.0 Å². The number of hydrogen-bond donors (Lipinski definition) is 1. The maximum atomic E-state index is 12.7. The van der Waals surface area contributed by atoms with Crippen LogP contribution >= 0.6 is 0 Å². The van der Waals surface area contributed by atoms with Crippen LogP contribution in [0, 0.1) is 0 Å². The van der Waals surface area contributed by atoms with E-state index in [9.17, 15) is 14.4 Å². The number of amides is 4. The van der Waals surface area contributed by atoms with Crippen LogP contribution in [0.2, 0.25) is 0 Å². The summed E-state index contributed by atoms with van der Waals surface area (Å²) in [7, 11) is 2.98. The van der Waals surface area contributed by atoms with Crippen molar-refractivity contribution in [3.8, 4) is 11.5 Å². The minimum atomic E-state index is -0.796. The van der Waals surface area contributed by atoms with Crippen LogP contribution in [0.25, 0.3) is 6.08 Å². The van der Waals surface area contributed by atoms with E-state index in [-0.39, 0.29) is 12.1 Å². The molecule has 1 N–H and O–H groups in total. The molecule has 0 bridgehead atoms. The maximum absolute atomic E-state index is 12.7. The molecule has 4 amide bonds.